The first-order valence-electron chi connectivity index (χ1n) is 5.17. The van der Waals surface area contributed by atoms with Gasteiger partial charge in [0.25, 0.3) is 0 Å². The molecule has 0 radical (unpaired) electrons. The molecule has 1 rings (SSSR count). The van der Waals surface area contributed by atoms with Crippen LogP contribution in [0.15, 0.2) is 0 Å². The van der Waals surface area contributed by atoms with E-state index in [-0.39, 0.29) is 17.9 Å². The Morgan fingerprint density at radius 3 is 2.57 bits per heavy atom. The Kier molecular flexibility index (Phi) is 3.92. The minimum Gasteiger partial charge on any atom is -0.481 e. The zero-order valence-electron chi connectivity index (χ0n) is 8.45. The topological polar surface area (TPSA) is 66.4 Å². The van der Waals surface area contributed by atoms with E-state index in [1.54, 1.807) is 6.92 Å². The Bertz CT molecular complexity index is 227. The first kappa shape index (κ1) is 11.0. The van der Waals surface area contributed by atoms with Crippen molar-refractivity contribution in [2.24, 2.45) is 5.92 Å². The van der Waals surface area contributed by atoms with Gasteiger partial charge in [-0.15, -0.1) is 0 Å². The highest BCUT2D eigenvalue weighted by Crippen LogP contribution is 2.24. The van der Waals surface area contributed by atoms with Crippen LogP contribution in [0.1, 0.15) is 39.0 Å². The summed E-state index contributed by atoms with van der Waals surface area (Å²) in [6.07, 6.45) is 3.86. The summed E-state index contributed by atoms with van der Waals surface area (Å²) in [5.41, 5.74) is 0. The van der Waals surface area contributed by atoms with Crippen molar-refractivity contribution in [1.29, 1.82) is 0 Å². The molecule has 4 nitrogen and oxygen atoms in total. The van der Waals surface area contributed by atoms with E-state index < -0.39 is 5.97 Å². The van der Waals surface area contributed by atoms with Crippen molar-refractivity contribution in [2.45, 2.75) is 45.1 Å². The Morgan fingerprint density at radius 2 is 2.00 bits per heavy atom. The van der Waals surface area contributed by atoms with Gasteiger partial charge in [-0.2, -0.15) is 0 Å². The van der Waals surface area contributed by atoms with Gasteiger partial charge in [-0.25, -0.2) is 0 Å². The molecule has 0 aliphatic heterocycles. The maximum atomic E-state index is 11.1. The van der Waals surface area contributed by atoms with E-state index in [2.05, 4.69) is 5.32 Å². The molecule has 14 heavy (non-hydrogen) atoms. The Labute approximate surface area is 83.7 Å². The summed E-state index contributed by atoms with van der Waals surface area (Å²) in [7, 11) is 0. The molecule has 1 aliphatic rings. The van der Waals surface area contributed by atoms with Crippen molar-refractivity contribution in [1.82, 2.24) is 5.32 Å². The Balaban J connectivity index is 2.54. The summed E-state index contributed by atoms with van der Waals surface area (Å²) < 4.78 is 0. The number of amides is 1. The summed E-state index contributed by atoms with van der Waals surface area (Å²) in [5, 5.41) is 11.7. The molecule has 1 aliphatic carbocycles. The third-order valence-electron chi connectivity index (χ3n) is 2.75. The predicted molar refractivity (Wildman–Crippen MR) is 51.8 cm³/mol. The van der Waals surface area contributed by atoms with E-state index >= 15 is 0 Å². The summed E-state index contributed by atoms with van der Waals surface area (Å²) in [5.74, 6) is -1.23. The maximum absolute atomic E-state index is 11.1. The molecule has 80 valence electrons. The number of carboxylic acids is 1. The largest absolute Gasteiger partial charge is 0.481 e. The lowest BCUT2D eigenvalue weighted by atomic mass is 9.84. The molecule has 4 heteroatoms. The zero-order chi connectivity index (χ0) is 10.6. The van der Waals surface area contributed by atoms with Gasteiger partial charge in [0.2, 0.25) is 5.91 Å². The fraction of sp³-hybridized carbons (Fsp3) is 0.800. The monoisotopic (exact) mass is 199 g/mol. The standard InChI is InChI=1S/C10H17NO3/c1-2-9(12)11-8-6-4-3-5-7(8)10(13)14/h7-8H,2-6H2,1H3,(H,11,12)(H,13,14). The Hall–Kier alpha value is -1.06. The molecule has 1 fully saturated rings. The molecule has 0 saturated heterocycles. The lowest BCUT2D eigenvalue weighted by Crippen LogP contribution is -2.44. The van der Waals surface area contributed by atoms with Crippen molar-refractivity contribution < 1.29 is 14.7 Å². The number of carbonyl (C=O) groups excluding carboxylic acids is 1. The predicted octanol–water partition coefficient (Wildman–Crippen LogP) is 1.16. The molecular weight excluding hydrogens is 182 g/mol. The minimum absolute atomic E-state index is 0.0526. The SMILES string of the molecule is CCC(=O)NC1CCCCC1C(=O)O. The average molecular weight is 199 g/mol. The highest BCUT2D eigenvalue weighted by atomic mass is 16.4. The van der Waals surface area contributed by atoms with E-state index in [1.807, 2.05) is 0 Å². The third kappa shape index (κ3) is 2.72. The lowest BCUT2D eigenvalue weighted by Gasteiger charge is -2.29. The molecule has 2 unspecified atom stereocenters. The van der Waals surface area contributed by atoms with Gasteiger partial charge in [0.15, 0.2) is 0 Å². The Morgan fingerprint density at radius 1 is 1.36 bits per heavy atom. The van der Waals surface area contributed by atoms with E-state index in [0.29, 0.717) is 12.8 Å². The van der Waals surface area contributed by atoms with Crippen molar-refractivity contribution in [3.63, 3.8) is 0 Å². The smallest absolute Gasteiger partial charge is 0.308 e. The van der Waals surface area contributed by atoms with Gasteiger partial charge in [0, 0.05) is 12.5 Å². The average Bonchev–Trinajstić information content (AvgIpc) is 2.18. The van der Waals surface area contributed by atoms with Gasteiger partial charge in [0.05, 0.1) is 5.92 Å². The van der Waals surface area contributed by atoms with E-state index in [4.69, 9.17) is 5.11 Å². The molecule has 2 N–H and O–H groups in total. The number of nitrogens with one attached hydrogen (secondary N) is 1. The van der Waals surface area contributed by atoms with Gasteiger partial charge < -0.3 is 10.4 Å². The minimum atomic E-state index is -0.786. The second-order valence-electron chi connectivity index (χ2n) is 3.76. The fourth-order valence-electron chi connectivity index (χ4n) is 1.91. The highest BCUT2D eigenvalue weighted by Gasteiger charge is 2.31. The molecule has 0 spiro atoms. The second-order valence-corrected chi connectivity index (χ2v) is 3.76. The van der Waals surface area contributed by atoms with E-state index in [1.165, 1.54) is 0 Å². The van der Waals surface area contributed by atoms with Crippen LogP contribution < -0.4 is 5.32 Å². The van der Waals surface area contributed by atoms with Crippen LogP contribution in [0.3, 0.4) is 0 Å². The fourth-order valence-corrected chi connectivity index (χ4v) is 1.91. The molecule has 1 amide bonds. The molecular formula is C10H17NO3. The zero-order valence-corrected chi connectivity index (χ0v) is 8.45. The quantitative estimate of drug-likeness (QED) is 0.716. The van der Waals surface area contributed by atoms with E-state index in [9.17, 15) is 9.59 Å². The first-order chi connectivity index (χ1) is 6.65. The first-order valence-corrected chi connectivity index (χ1v) is 5.17. The van der Waals surface area contributed by atoms with Crippen molar-refractivity contribution in [3.05, 3.63) is 0 Å². The van der Waals surface area contributed by atoms with Crippen LogP contribution in [0.2, 0.25) is 0 Å². The maximum Gasteiger partial charge on any atom is 0.308 e. The number of aliphatic carboxylic acids is 1. The van der Waals surface area contributed by atoms with Crippen molar-refractivity contribution in [2.75, 3.05) is 0 Å². The van der Waals surface area contributed by atoms with Crippen LogP contribution in [0.5, 0.6) is 0 Å². The molecule has 0 aromatic carbocycles. The number of hydrogen-bond donors (Lipinski definition) is 2. The second kappa shape index (κ2) is 4.98. The molecule has 0 aromatic heterocycles. The van der Waals surface area contributed by atoms with Crippen molar-refractivity contribution in [3.8, 4) is 0 Å². The van der Waals surface area contributed by atoms with Crippen LogP contribution in [0, 0.1) is 5.92 Å². The molecule has 2 atom stereocenters. The van der Waals surface area contributed by atoms with Crippen LogP contribution in [-0.2, 0) is 9.59 Å². The molecule has 0 bridgehead atoms. The third-order valence-corrected chi connectivity index (χ3v) is 2.75. The summed E-state index contributed by atoms with van der Waals surface area (Å²) in [6, 6.07) is -0.159. The van der Waals surface area contributed by atoms with Gasteiger partial charge in [-0.3, -0.25) is 9.59 Å². The number of rotatable bonds is 3. The summed E-state index contributed by atoms with van der Waals surface area (Å²) in [6.45, 7) is 1.77. The van der Waals surface area contributed by atoms with Crippen LogP contribution in [0.4, 0.5) is 0 Å². The summed E-state index contributed by atoms with van der Waals surface area (Å²) >= 11 is 0. The van der Waals surface area contributed by atoms with Crippen LogP contribution >= 0.6 is 0 Å². The number of carbonyl (C=O) groups is 2. The van der Waals surface area contributed by atoms with E-state index in [0.717, 1.165) is 19.3 Å². The molecule has 0 heterocycles. The molecule has 1 saturated carbocycles. The van der Waals surface area contributed by atoms with Crippen molar-refractivity contribution >= 4 is 11.9 Å². The van der Waals surface area contributed by atoms with Gasteiger partial charge in [-0.05, 0) is 12.8 Å². The van der Waals surface area contributed by atoms with Crippen LogP contribution in [0.25, 0.3) is 0 Å². The summed E-state index contributed by atoms with van der Waals surface area (Å²) in [4.78, 5) is 22.0. The van der Waals surface area contributed by atoms with Crippen LogP contribution in [-0.4, -0.2) is 23.0 Å². The van der Waals surface area contributed by atoms with Gasteiger partial charge >= 0.3 is 5.97 Å². The number of carboxylic acid groups (broad SMARTS) is 1. The van der Waals surface area contributed by atoms with Gasteiger partial charge in [0.1, 0.15) is 0 Å². The highest BCUT2D eigenvalue weighted by molar-refractivity contribution is 5.77. The van der Waals surface area contributed by atoms with Gasteiger partial charge in [-0.1, -0.05) is 19.8 Å². The lowest BCUT2D eigenvalue weighted by molar-refractivity contribution is -0.144. The normalized spacial score (nSPS) is 26.9. The molecule has 0 aromatic rings. The number of hydrogen-bond acceptors (Lipinski definition) is 2.